The van der Waals surface area contributed by atoms with Crippen molar-refractivity contribution < 1.29 is 42.0 Å². The molecule has 0 aromatic heterocycles. The van der Waals surface area contributed by atoms with Crippen molar-refractivity contribution >= 4 is 11.4 Å². The van der Waals surface area contributed by atoms with Crippen molar-refractivity contribution in [2.24, 2.45) is 0 Å². The zero-order valence-electron chi connectivity index (χ0n) is 6.87. The van der Waals surface area contributed by atoms with E-state index in [1.807, 2.05) is 0 Å². The van der Waals surface area contributed by atoms with Crippen LogP contribution in [-0.2, 0) is 32.7 Å². The van der Waals surface area contributed by atoms with E-state index in [0.717, 1.165) is 0 Å². The van der Waals surface area contributed by atoms with E-state index in [1.54, 1.807) is 0 Å². The maximum absolute atomic E-state index is 13.0. The van der Waals surface area contributed by atoms with Gasteiger partial charge in [-0.15, -0.1) is 5.56 Å². The van der Waals surface area contributed by atoms with Crippen molar-refractivity contribution in [1.29, 1.82) is 0 Å². The molecule has 13 heavy (non-hydrogen) atoms. The van der Waals surface area contributed by atoms with Crippen LogP contribution in [0.2, 0.25) is 0 Å². The van der Waals surface area contributed by atoms with E-state index in [0.29, 0.717) is 0 Å². The number of halogens is 1. The van der Waals surface area contributed by atoms with Gasteiger partial charge < -0.3 is 5.73 Å². The van der Waals surface area contributed by atoms with E-state index in [4.69, 9.17) is 5.73 Å². The van der Waals surface area contributed by atoms with Gasteiger partial charge in [0.1, 0.15) is 0 Å². The second-order valence-corrected chi connectivity index (χ2v) is 2.31. The molecule has 1 aromatic carbocycles. The van der Waals surface area contributed by atoms with E-state index in [9.17, 15) is 14.5 Å². The Morgan fingerprint density at radius 1 is 1.69 bits per heavy atom. The van der Waals surface area contributed by atoms with Gasteiger partial charge in [0.25, 0.3) is 0 Å². The summed E-state index contributed by atoms with van der Waals surface area (Å²) in [6.07, 6.45) is 0. The van der Waals surface area contributed by atoms with E-state index in [1.165, 1.54) is 13.0 Å². The Morgan fingerprint density at radius 2 is 2.23 bits per heavy atom. The number of nitro benzene ring substituents is 1. The minimum absolute atomic E-state index is 0. The molecule has 0 bridgehead atoms. The van der Waals surface area contributed by atoms with E-state index < -0.39 is 16.4 Å². The SMILES string of the molecule is Cc1c[c-]c(N)c([N+](=O)[O-])c1F.[Y]. The molecule has 4 nitrogen and oxygen atoms in total. The second-order valence-electron chi connectivity index (χ2n) is 2.31. The fraction of sp³-hybridized carbons (Fsp3) is 0.143. The Hall–Kier alpha value is -0.546. The number of nitrogen functional groups attached to an aromatic ring is 1. The molecule has 0 heterocycles. The smallest absolute Gasteiger partial charge is 0.219 e. The van der Waals surface area contributed by atoms with Crippen molar-refractivity contribution in [3.05, 3.63) is 33.6 Å². The molecule has 0 spiro atoms. The number of rotatable bonds is 1. The first kappa shape index (κ1) is 12.5. The molecule has 0 aliphatic heterocycles. The Morgan fingerprint density at radius 3 is 2.62 bits per heavy atom. The van der Waals surface area contributed by atoms with Crippen LogP contribution in [0.4, 0.5) is 15.8 Å². The number of anilines is 1. The van der Waals surface area contributed by atoms with Crippen LogP contribution in [-0.4, -0.2) is 4.92 Å². The maximum atomic E-state index is 13.0. The maximum Gasteiger partial charge on any atom is 0.219 e. The van der Waals surface area contributed by atoms with Gasteiger partial charge in [-0.25, -0.2) is 4.39 Å². The largest absolute Gasteiger partial charge is 0.414 e. The summed E-state index contributed by atoms with van der Waals surface area (Å²) in [6, 6.07) is 3.66. The molecule has 1 aromatic rings. The fourth-order valence-electron chi connectivity index (χ4n) is 0.801. The van der Waals surface area contributed by atoms with Gasteiger partial charge in [-0.3, -0.25) is 10.1 Å². The summed E-state index contributed by atoms with van der Waals surface area (Å²) >= 11 is 0. The molecule has 0 fully saturated rings. The average molecular weight is 258 g/mol. The molecule has 0 atom stereocenters. The van der Waals surface area contributed by atoms with Gasteiger partial charge in [-0.1, -0.05) is 6.92 Å². The summed E-state index contributed by atoms with van der Waals surface area (Å²) in [5, 5.41) is 10.3. The first-order valence-electron chi connectivity index (χ1n) is 3.14. The predicted molar refractivity (Wildman–Crippen MR) is 41.0 cm³/mol. The predicted octanol–water partition coefficient (Wildman–Crippen LogP) is 1.42. The first-order valence-corrected chi connectivity index (χ1v) is 3.14. The second kappa shape index (κ2) is 4.62. The molecule has 0 saturated heterocycles. The quantitative estimate of drug-likeness (QED) is 0.358. The molecule has 1 radical (unpaired) electrons. The molecule has 0 amide bonds. The number of nitro groups is 1. The molecule has 1 rings (SSSR count). The monoisotopic (exact) mass is 258 g/mol. The van der Waals surface area contributed by atoms with Gasteiger partial charge >= 0.3 is 0 Å². The molecule has 0 aliphatic carbocycles. The van der Waals surface area contributed by atoms with Crippen LogP contribution >= 0.6 is 0 Å². The first-order chi connectivity index (χ1) is 5.54. The topological polar surface area (TPSA) is 69.2 Å². The van der Waals surface area contributed by atoms with Crippen LogP contribution in [0.1, 0.15) is 5.56 Å². The van der Waals surface area contributed by atoms with E-state index in [2.05, 4.69) is 6.07 Å². The van der Waals surface area contributed by atoms with E-state index >= 15 is 0 Å². The van der Waals surface area contributed by atoms with Gasteiger partial charge in [0, 0.05) is 37.6 Å². The van der Waals surface area contributed by atoms with Crippen LogP contribution in [0.25, 0.3) is 0 Å². The van der Waals surface area contributed by atoms with Crippen LogP contribution in [0.15, 0.2) is 6.07 Å². The summed E-state index contributed by atoms with van der Waals surface area (Å²) in [5.74, 6) is -0.892. The summed E-state index contributed by atoms with van der Waals surface area (Å²) in [6.45, 7) is 1.41. The number of hydrogen-bond acceptors (Lipinski definition) is 3. The van der Waals surface area contributed by atoms with Crippen molar-refractivity contribution in [2.75, 3.05) is 5.73 Å². The molecular formula is C7H6FN2O2Y-. The summed E-state index contributed by atoms with van der Waals surface area (Å²) < 4.78 is 13.0. The van der Waals surface area contributed by atoms with Crippen LogP contribution in [0.3, 0.4) is 0 Å². The van der Waals surface area contributed by atoms with Gasteiger partial charge in [-0.2, -0.15) is 12.1 Å². The fourth-order valence-corrected chi connectivity index (χ4v) is 0.801. The molecule has 6 heteroatoms. The minimum Gasteiger partial charge on any atom is -0.414 e. The third-order valence-corrected chi connectivity index (χ3v) is 1.44. The number of hydrogen-bond donors (Lipinski definition) is 1. The van der Waals surface area contributed by atoms with Crippen molar-refractivity contribution in [3.63, 3.8) is 0 Å². The molecule has 0 aliphatic rings. The standard InChI is InChI=1S/C7H6FN2O2.Y/c1-4-2-3-5(9)7(6(4)8)10(11)12;/h2H,9H2,1H3;/q-1;. The zero-order valence-corrected chi connectivity index (χ0v) is 9.71. The zero-order chi connectivity index (χ0) is 9.30. The number of benzene rings is 1. The van der Waals surface area contributed by atoms with Crippen molar-refractivity contribution in [3.8, 4) is 0 Å². The van der Waals surface area contributed by atoms with Crippen LogP contribution in [0, 0.1) is 28.9 Å². The third kappa shape index (κ3) is 2.45. The van der Waals surface area contributed by atoms with Gasteiger partial charge in [0.15, 0.2) is 0 Å². The Kier molecular flexibility index (Phi) is 4.43. The van der Waals surface area contributed by atoms with Crippen molar-refractivity contribution in [1.82, 2.24) is 0 Å². The Bertz CT molecular complexity index is 344. The number of nitrogens with zero attached hydrogens (tertiary/aromatic N) is 1. The molecular weight excluding hydrogens is 252 g/mol. The van der Waals surface area contributed by atoms with Gasteiger partial charge in [0.05, 0.1) is 5.82 Å². The third-order valence-electron chi connectivity index (χ3n) is 1.44. The molecule has 0 saturated carbocycles. The van der Waals surface area contributed by atoms with E-state index in [-0.39, 0.29) is 44.0 Å². The average Bonchev–Trinajstić information content (AvgIpc) is 1.97. The number of nitrogens with two attached hydrogens (primary N) is 1. The minimum atomic E-state index is -0.892. The Balaban J connectivity index is 0.00000144. The number of aryl methyl sites for hydroxylation is 1. The summed E-state index contributed by atoms with van der Waals surface area (Å²) in [5.41, 5.74) is 4.34. The summed E-state index contributed by atoms with van der Waals surface area (Å²) in [7, 11) is 0. The molecule has 67 valence electrons. The normalized spacial score (nSPS) is 9.08. The van der Waals surface area contributed by atoms with Crippen molar-refractivity contribution in [2.45, 2.75) is 6.92 Å². The van der Waals surface area contributed by atoms with Crippen LogP contribution < -0.4 is 5.73 Å². The van der Waals surface area contributed by atoms with Gasteiger partial charge in [0.2, 0.25) is 5.69 Å². The Labute approximate surface area is 99.3 Å². The van der Waals surface area contributed by atoms with Crippen LogP contribution in [0.5, 0.6) is 0 Å². The molecule has 0 unspecified atom stereocenters. The summed E-state index contributed by atoms with van der Waals surface area (Å²) in [4.78, 5) is 9.41. The molecule has 2 N–H and O–H groups in total. The van der Waals surface area contributed by atoms with Gasteiger partial charge in [-0.05, 0) is 5.69 Å².